The molecule has 0 radical (unpaired) electrons. The van der Waals surface area contributed by atoms with Gasteiger partial charge in [-0.25, -0.2) is 0 Å². The topological polar surface area (TPSA) is 21.3 Å². The van der Waals surface area contributed by atoms with Gasteiger partial charge in [-0.15, -0.1) is 11.3 Å². The van der Waals surface area contributed by atoms with Crippen LogP contribution in [-0.4, -0.2) is 20.3 Å². The van der Waals surface area contributed by atoms with Gasteiger partial charge in [0, 0.05) is 12.0 Å². The SMILES string of the molecule is CNC(c1csc(C)c1)C(OC)C(C)(C)C. The summed E-state index contributed by atoms with van der Waals surface area (Å²) < 4.78 is 5.67. The Kier molecular flexibility index (Phi) is 4.53. The Hall–Kier alpha value is -0.380. The highest BCUT2D eigenvalue weighted by Crippen LogP contribution is 2.33. The van der Waals surface area contributed by atoms with Crippen LogP contribution in [0.3, 0.4) is 0 Å². The molecule has 0 spiro atoms. The standard InChI is InChI=1S/C13H23NOS/c1-9-7-10(8-16-9)11(14-5)12(15-6)13(2,3)4/h7-8,11-12,14H,1-6H3. The molecule has 2 atom stereocenters. The Morgan fingerprint density at radius 1 is 1.38 bits per heavy atom. The molecular weight excluding hydrogens is 218 g/mol. The van der Waals surface area contributed by atoms with Crippen LogP contribution in [0.2, 0.25) is 0 Å². The summed E-state index contributed by atoms with van der Waals surface area (Å²) in [6.07, 6.45) is 0.173. The Morgan fingerprint density at radius 3 is 2.31 bits per heavy atom. The van der Waals surface area contributed by atoms with Gasteiger partial charge in [-0.05, 0) is 36.4 Å². The summed E-state index contributed by atoms with van der Waals surface area (Å²) in [7, 11) is 3.79. The van der Waals surface area contributed by atoms with Gasteiger partial charge in [-0.2, -0.15) is 0 Å². The van der Waals surface area contributed by atoms with E-state index in [1.54, 1.807) is 18.4 Å². The van der Waals surface area contributed by atoms with Gasteiger partial charge in [0.15, 0.2) is 0 Å². The predicted molar refractivity (Wildman–Crippen MR) is 71.1 cm³/mol. The van der Waals surface area contributed by atoms with Crippen LogP contribution >= 0.6 is 11.3 Å². The van der Waals surface area contributed by atoms with Crippen LogP contribution in [0, 0.1) is 12.3 Å². The molecule has 0 saturated heterocycles. The molecule has 0 aliphatic heterocycles. The van der Waals surface area contributed by atoms with Crippen molar-refractivity contribution in [3.05, 3.63) is 21.9 Å². The average molecular weight is 241 g/mol. The maximum atomic E-state index is 5.67. The normalized spacial score (nSPS) is 16.1. The monoisotopic (exact) mass is 241 g/mol. The Bertz CT molecular complexity index is 327. The lowest BCUT2D eigenvalue weighted by Crippen LogP contribution is -2.40. The number of nitrogens with one attached hydrogen (secondary N) is 1. The van der Waals surface area contributed by atoms with E-state index in [2.05, 4.69) is 44.5 Å². The van der Waals surface area contributed by atoms with Crippen molar-refractivity contribution >= 4 is 11.3 Å². The highest BCUT2D eigenvalue weighted by atomic mass is 32.1. The van der Waals surface area contributed by atoms with Gasteiger partial charge < -0.3 is 10.1 Å². The average Bonchev–Trinajstić information content (AvgIpc) is 2.58. The number of hydrogen-bond donors (Lipinski definition) is 1. The smallest absolute Gasteiger partial charge is 0.0814 e. The van der Waals surface area contributed by atoms with Gasteiger partial charge in [0.1, 0.15) is 0 Å². The predicted octanol–water partition coefficient (Wildman–Crippen LogP) is 3.38. The third-order valence-electron chi connectivity index (χ3n) is 2.83. The highest BCUT2D eigenvalue weighted by molar-refractivity contribution is 7.10. The number of likely N-dealkylation sites (N-methyl/N-ethyl adjacent to an activating group) is 1. The van der Waals surface area contributed by atoms with Crippen molar-refractivity contribution in [1.29, 1.82) is 0 Å². The maximum Gasteiger partial charge on any atom is 0.0814 e. The molecule has 1 heterocycles. The highest BCUT2D eigenvalue weighted by Gasteiger charge is 2.32. The van der Waals surface area contributed by atoms with Crippen molar-refractivity contribution in [3.8, 4) is 0 Å². The number of thiophene rings is 1. The number of methoxy groups -OCH3 is 1. The van der Waals surface area contributed by atoms with E-state index in [9.17, 15) is 0 Å². The van der Waals surface area contributed by atoms with Crippen molar-refractivity contribution in [3.63, 3.8) is 0 Å². The van der Waals surface area contributed by atoms with Crippen LogP contribution in [0.15, 0.2) is 11.4 Å². The van der Waals surface area contributed by atoms with Crippen LogP contribution in [0.4, 0.5) is 0 Å². The molecule has 0 aliphatic rings. The van der Waals surface area contributed by atoms with Crippen LogP contribution in [0.25, 0.3) is 0 Å². The van der Waals surface area contributed by atoms with Crippen molar-refractivity contribution in [2.75, 3.05) is 14.2 Å². The first-order valence-corrected chi connectivity index (χ1v) is 6.53. The first-order chi connectivity index (χ1) is 7.40. The molecule has 0 aliphatic carbocycles. The maximum absolute atomic E-state index is 5.67. The molecule has 0 saturated carbocycles. The van der Waals surface area contributed by atoms with Gasteiger partial charge >= 0.3 is 0 Å². The molecule has 92 valence electrons. The summed E-state index contributed by atoms with van der Waals surface area (Å²) in [5, 5.41) is 5.59. The summed E-state index contributed by atoms with van der Waals surface area (Å²) in [4.78, 5) is 1.35. The summed E-state index contributed by atoms with van der Waals surface area (Å²) in [5.74, 6) is 0. The number of ether oxygens (including phenoxy) is 1. The second kappa shape index (κ2) is 5.30. The quantitative estimate of drug-likeness (QED) is 0.872. The van der Waals surface area contributed by atoms with Gasteiger partial charge in [-0.1, -0.05) is 20.8 Å². The Morgan fingerprint density at radius 2 is 2.00 bits per heavy atom. The zero-order valence-corrected chi connectivity index (χ0v) is 11.9. The van der Waals surface area contributed by atoms with Crippen molar-refractivity contribution in [2.45, 2.75) is 39.8 Å². The van der Waals surface area contributed by atoms with E-state index in [4.69, 9.17) is 4.74 Å². The Labute approximate surface area is 103 Å². The molecule has 16 heavy (non-hydrogen) atoms. The molecule has 2 nitrogen and oxygen atoms in total. The van der Waals surface area contributed by atoms with Crippen molar-refractivity contribution in [2.24, 2.45) is 5.41 Å². The summed E-state index contributed by atoms with van der Waals surface area (Å²) >= 11 is 1.79. The first-order valence-electron chi connectivity index (χ1n) is 5.65. The third kappa shape index (κ3) is 3.06. The van der Waals surface area contributed by atoms with Gasteiger partial charge in [0.25, 0.3) is 0 Å². The molecule has 1 N–H and O–H groups in total. The van der Waals surface area contributed by atoms with E-state index in [-0.39, 0.29) is 17.6 Å². The lowest BCUT2D eigenvalue weighted by Gasteiger charge is -2.35. The van der Waals surface area contributed by atoms with E-state index in [1.165, 1.54) is 10.4 Å². The molecule has 0 aromatic carbocycles. The first kappa shape index (κ1) is 13.7. The van der Waals surface area contributed by atoms with Crippen LogP contribution in [-0.2, 0) is 4.74 Å². The van der Waals surface area contributed by atoms with Crippen LogP contribution in [0.5, 0.6) is 0 Å². The molecular formula is C13H23NOS. The largest absolute Gasteiger partial charge is 0.379 e. The van der Waals surface area contributed by atoms with E-state index in [1.807, 2.05) is 7.05 Å². The third-order valence-corrected chi connectivity index (χ3v) is 3.71. The number of rotatable bonds is 4. The van der Waals surface area contributed by atoms with Crippen molar-refractivity contribution < 1.29 is 4.74 Å². The molecule has 3 heteroatoms. The minimum absolute atomic E-state index is 0.123. The lowest BCUT2D eigenvalue weighted by atomic mass is 9.82. The van der Waals surface area contributed by atoms with Gasteiger partial charge in [0.05, 0.1) is 12.1 Å². The van der Waals surface area contributed by atoms with Crippen LogP contribution in [0.1, 0.15) is 37.3 Å². The fourth-order valence-electron chi connectivity index (χ4n) is 2.11. The fourth-order valence-corrected chi connectivity index (χ4v) is 2.85. The number of aryl methyl sites for hydroxylation is 1. The van der Waals surface area contributed by atoms with Crippen molar-refractivity contribution in [1.82, 2.24) is 5.32 Å². The second-order valence-electron chi connectivity index (χ2n) is 5.28. The molecule has 1 aromatic heterocycles. The number of hydrogen-bond acceptors (Lipinski definition) is 3. The van der Waals surface area contributed by atoms with Crippen LogP contribution < -0.4 is 5.32 Å². The molecule has 2 unspecified atom stereocenters. The second-order valence-corrected chi connectivity index (χ2v) is 6.39. The van der Waals surface area contributed by atoms with E-state index >= 15 is 0 Å². The van der Waals surface area contributed by atoms with E-state index < -0.39 is 0 Å². The van der Waals surface area contributed by atoms with Gasteiger partial charge in [-0.3, -0.25) is 0 Å². The molecule has 1 aromatic rings. The fraction of sp³-hybridized carbons (Fsp3) is 0.692. The zero-order valence-electron chi connectivity index (χ0n) is 11.1. The molecule has 1 rings (SSSR count). The summed E-state index contributed by atoms with van der Waals surface area (Å²) in [6.45, 7) is 8.78. The summed E-state index contributed by atoms with van der Waals surface area (Å²) in [5.41, 5.74) is 1.45. The zero-order chi connectivity index (χ0) is 12.3. The minimum Gasteiger partial charge on any atom is -0.379 e. The van der Waals surface area contributed by atoms with E-state index in [0.29, 0.717) is 0 Å². The van der Waals surface area contributed by atoms with Gasteiger partial charge in [0.2, 0.25) is 0 Å². The lowest BCUT2D eigenvalue weighted by molar-refractivity contribution is -0.0100. The minimum atomic E-state index is 0.123. The molecule has 0 fully saturated rings. The molecule has 0 amide bonds. The Balaban J connectivity index is 2.96. The molecule has 0 bridgehead atoms. The summed E-state index contributed by atoms with van der Waals surface area (Å²) in [6, 6.07) is 2.50. The van der Waals surface area contributed by atoms with E-state index in [0.717, 1.165) is 0 Å².